The molecule has 132 valence electrons. The summed E-state index contributed by atoms with van der Waals surface area (Å²) in [7, 11) is -0.870. The van der Waals surface area contributed by atoms with E-state index in [-0.39, 0.29) is 10.8 Å². The Labute approximate surface area is 146 Å². The lowest BCUT2D eigenvalue weighted by atomic mass is 10.3. The Kier molecular flexibility index (Phi) is 4.54. The number of anilines is 1. The SMILES string of the molecule is CCn1c(NS(=O)(=O)c2ccc(OC)c(OC)c2)nc2ccccc21. The van der Waals surface area contributed by atoms with Gasteiger partial charge in [0.1, 0.15) is 0 Å². The number of aromatic nitrogens is 2. The number of nitrogens with one attached hydrogen (secondary N) is 1. The molecule has 0 fully saturated rings. The molecule has 1 heterocycles. The molecule has 0 aliphatic heterocycles. The van der Waals surface area contributed by atoms with E-state index in [0.29, 0.717) is 18.0 Å². The van der Waals surface area contributed by atoms with E-state index in [9.17, 15) is 8.42 Å². The van der Waals surface area contributed by atoms with Crippen LogP contribution in [0.25, 0.3) is 11.0 Å². The molecule has 0 aliphatic rings. The highest BCUT2D eigenvalue weighted by atomic mass is 32.2. The van der Waals surface area contributed by atoms with Crippen LogP contribution < -0.4 is 14.2 Å². The summed E-state index contributed by atoms with van der Waals surface area (Å²) in [5.74, 6) is 1.08. The fourth-order valence-electron chi connectivity index (χ4n) is 2.64. The van der Waals surface area contributed by atoms with E-state index in [1.54, 1.807) is 6.07 Å². The van der Waals surface area contributed by atoms with Crippen molar-refractivity contribution >= 4 is 27.0 Å². The van der Waals surface area contributed by atoms with E-state index in [2.05, 4.69) is 9.71 Å². The molecule has 3 rings (SSSR count). The van der Waals surface area contributed by atoms with Crippen LogP contribution in [-0.4, -0.2) is 32.2 Å². The van der Waals surface area contributed by atoms with Gasteiger partial charge in [0, 0.05) is 12.6 Å². The van der Waals surface area contributed by atoms with Crippen LogP contribution in [0.2, 0.25) is 0 Å². The third kappa shape index (κ3) is 3.12. The predicted octanol–water partition coefficient (Wildman–Crippen LogP) is 2.87. The molecule has 1 N–H and O–H groups in total. The minimum Gasteiger partial charge on any atom is -0.493 e. The van der Waals surface area contributed by atoms with Crippen molar-refractivity contribution in [2.24, 2.45) is 0 Å². The lowest BCUT2D eigenvalue weighted by molar-refractivity contribution is 0.354. The lowest BCUT2D eigenvalue weighted by Gasteiger charge is -2.12. The van der Waals surface area contributed by atoms with Crippen molar-refractivity contribution in [3.05, 3.63) is 42.5 Å². The van der Waals surface area contributed by atoms with Crippen molar-refractivity contribution in [3.8, 4) is 11.5 Å². The molecule has 1 aromatic heterocycles. The molecule has 0 radical (unpaired) electrons. The van der Waals surface area contributed by atoms with E-state index in [1.807, 2.05) is 35.8 Å². The molecular weight excluding hydrogens is 342 g/mol. The summed E-state index contributed by atoms with van der Waals surface area (Å²) in [6, 6.07) is 11.9. The molecule has 0 amide bonds. The number of para-hydroxylation sites is 2. The Morgan fingerprint density at radius 3 is 2.48 bits per heavy atom. The normalized spacial score (nSPS) is 11.5. The fraction of sp³-hybridized carbons (Fsp3) is 0.235. The average molecular weight is 361 g/mol. The third-order valence-corrected chi connectivity index (χ3v) is 5.19. The molecule has 3 aromatic rings. The van der Waals surface area contributed by atoms with Gasteiger partial charge >= 0.3 is 0 Å². The summed E-state index contributed by atoms with van der Waals surface area (Å²) in [6.07, 6.45) is 0. The number of hydrogen-bond acceptors (Lipinski definition) is 5. The highest BCUT2D eigenvalue weighted by molar-refractivity contribution is 7.92. The average Bonchev–Trinajstić information content (AvgIpc) is 2.97. The van der Waals surface area contributed by atoms with Gasteiger partial charge in [-0.25, -0.2) is 18.1 Å². The van der Waals surface area contributed by atoms with E-state index in [4.69, 9.17) is 9.47 Å². The van der Waals surface area contributed by atoms with Crippen LogP contribution in [0.3, 0.4) is 0 Å². The number of ether oxygens (including phenoxy) is 2. The maximum Gasteiger partial charge on any atom is 0.264 e. The third-order valence-electron chi connectivity index (χ3n) is 3.86. The number of imidazole rings is 1. The van der Waals surface area contributed by atoms with Crippen LogP contribution in [-0.2, 0) is 16.6 Å². The highest BCUT2D eigenvalue weighted by Gasteiger charge is 2.20. The van der Waals surface area contributed by atoms with E-state index >= 15 is 0 Å². The molecule has 2 aromatic carbocycles. The van der Waals surface area contributed by atoms with Crippen LogP contribution in [0.4, 0.5) is 5.95 Å². The van der Waals surface area contributed by atoms with E-state index < -0.39 is 10.0 Å². The standard InChI is InChI=1S/C17H19N3O4S/c1-4-20-14-8-6-5-7-13(14)18-17(20)19-25(21,22)12-9-10-15(23-2)16(11-12)24-3/h5-11H,4H2,1-3H3,(H,18,19). The van der Waals surface area contributed by atoms with Gasteiger partial charge in [-0.1, -0.05) is 12.1 Å². The van der Waals surface area contributed by atoms with Gasteiger partial charge in [0.15, 0.2) is 11.5 Å². The quantitative estimate of drug-likeness (QED) is 0.730. The summed E-state index contributed by atoms with van der Waals surface area (Å²) in [5, 5.41) is 0. The van der Waals surface area contributed by atoms with Crippen molar-refractivity contribution in [1.82, 2.24) is 9.55 Å². The van der Waals surface area contributed by atoms with Gasteiger partial charge in [-0.3, -0.25) is 0 Å². The fourth-order valence-corrected chi connectivity index (χ4v) is 3.66. The van der Waals surface area contributed by atoms with Gasteiger partial charge in [-0.15, -0.1) is 0 Å². The van der Waals surface area contributed by atoms with Gasteiger partial charge in [0.2, 0.25) is 5.95 Å². The molecule has 0 atom stereocenters. The van der Waals surface area contributed by atoms with Gasteiger partial charge in [-0.2, -0.15) is 0 Å². The summed E-state index contributed by atoms with van der Waals surface area (Å²) < 4.78 is 40.2. The smallest absolute Gasteiger partial charge is 0.264 e. The van der Waals surface area contributed by atoms with Crippen molar-refractivity contribution < 1.29 is 17.9 Å². The second-order valence-corrected chi connectivity index (χ2v) is 6.97. The number of fused-ring (bicyclic) bond motifs is 1. The molecule has 0 bridgehead atoms. The molecular formula is C17H19N3O4S. The summed E-state index contributed by atoms with van der Waals surface area (Å²) in [6.45, 7) is 2.52. The summed E-state index contributed by atoms with van der Waals surface area (Å²) in [4.78, 5) is 4.46. The monoisotopic (exact) mass is 361 g/mol. The maximum atomic E-state index is 12.8. The van der Waals surface area contributed by atoms with Crippen LogP contribution in [0.15, 0.2) is 47.4 Å². The molecule has 0 saturated heterocycles. The molecule has 7 nitrogen and oxygen atoms in total. The topological polar surface area (TPSA) is 82.5 Å². The van der Waals surface area contributed by atoms with E-state index in [1.165, 1.54) is 26.4 Å². The zero-order valence-electron chi connectivity index (χ0n) is 14.2. The number of aryl methyl sites for hydroxylation is 1. The minimum absolute atomic E-state index is 0.0693. The first-order valence-corrected chi connectivity index (χ1v) is 9.18. The number of benzene rings is 2. The Balaban J connectivity index is 2.02. The van der Waals surface area contributed by atoms with Crippen molar-refractivity contribution in [3.63, 3.8) is 0 Å². The summed E-state index contributed by atoms with van der Waals surface area (Å²) in [5.41, 5.74) is 1.60. The Morgan fingerprint density at radius 1 is 1.08 bits per heavy atom. The maximum absolute atomic E-state index is 12.8. The zero-order valence-corrected chi connectivity index (χ0v) is 15.0. The number of hydrogen-bond donors (Lipinski definition) is 1. The molecule has 8 heteroatoms. The number of sulfonamides is 1. The first-order valence-electron chi connectivity index (χ1n) is 7.70. The second kappa shape index (κ2) is 6.64. The largest absolute Gasteiger partial charge is 0.493 e. The number of rotatable bonds is 6. The van der Waals surface area contributed by atoms with Crippen molar-refractivity contribution in [2.75, 3.05) is 18.9 Å². The number of nitrogens with zero attached hydrogens (tertiary/aromatic N) is 2. The Bertz CT molecular complexity index is 1010. The first kappa shape index (κ1) is 17.1. The first-order chi connectivity index (χ1) is 12.0. The van der Waals surface area contributed by atoms with Gasteiger partial charge < -0.3 is 14.0 Å². The van der Waals surface area contributed by atoms with Crippen molar-refractivity contribution in [1.29, 1.82) is 0 Å². The highest BCUT2D eigenvalue weighted by Crippen LogP contribution is 2.30. The lowest BCUT2D eigenvalue weighted by Crippen LogP contribution is -2.16. The van der Waals surface area contributed by atoms with Crippen molar-refractivity contribution in [2.45, 2.75) is 18.4 Å². The molecule has 0 unspecified atom stereocenters. The van der Waals surface area contributed by atoms with Crippen LogP contribution in [0.5, 0.6) is 11.5 Å². The minimum atomic E-state index is -3.82. The molecule has 0 aliphatic carbocycles. The predicted molar refractivity (Wildman–Crippen MR) is 95.8 cm³/mol. The molecule has 0 saturated carbocycles. The number of methoxy groups -OCH3 is 2. The second-order valence-electron chi connectivity index (χ2n) is 5.29. The molecule has 0 spiro atoms. The summed E-state index contributed by atoms with van der Waals surface area (Å²) >= 11 is 0. The van der Waals surface area contributed by atoms with Crippen LogP contribution in [0.1, 0.15) is 6.92 Å². The molecule has 25 heavy (non-hydrogen) atoms. The van der Waals surface area contributed by atoms with E-state index in [0.717, 1.165) is 11.0 Å². The van der Waals surface area contributed by atoms with Crippen LogP contribution >= 0.6 is 0 Å². The Morgan fingerprint density at radius 2 is 1.80 bits per heavy atom. The van der Waals surface area contributed by atoms with Crippen LogP contribution in [0, 0.1) is 0 Å². The van der Waals surface area contributed by atoms with Gasteiger partial charge in [0.25, 0.3) is 10.0 Å². The Hall–Kier alpha value is -2.74. The van der Waals surface area contributed by atoms with Gasteiger partial charge in [0.05, 0.1) is 30.1 Å². The zero-order chi connectivity index (χ0) is 18.0. The van der Waals surface area contributed by atoms with Gasteiger partial charge in [-0.05, 0) is 31.2 Å².